The van der Waals surface area contributed by atoms with Crippen molar-refractivity contribution in [3.05, 3.63) is 0 Å². The minimum Gasteiger partial charge on any atom is -0.449 e. The number of ether oxygens (including phenoxy) is 1. The van der Waals surface area contributed by atoms with E-state index in [0.717, 1.165) is 37.1 Å². The first-order valence-corrected chi connectivity index (χ1v) is 5.37. The van der Waals surface area contributed by atoms with Crippen molar-refractivity contribution in [2.45, 2.75) is 27.2 Å². The molecule has 0 saturated heterocycles. The fraction of sp³-hybridized carbons (Fsp3) is 0.900. The summed E-state index contributed by atoms with van der Waals surface area (Å²) in [6.45, 7) is 11.5. The topological polar surface area (TPSA) is 52.3 Å². The van der Waals surface area contributed by atoms with Crippen molar-refractivity contribution in [3.8, 4) is 0 Å². The summed E-state index contributed by atoms with van der Waals surface area (Å²) in [4.78, 5) is 10.3. The van der Waals surface area contributed by atoms with Crippen LogP contribution in [0.5, 0.6) is 0 Å². The molecule has 0 aliphatic heterocycles. The molecule has 1 amide bonds. The standard InChI is InChI=1S/C10H22N2O2/c1-4-12(5-2,6-3)8-7-9-14-10(11)13/h4-9H2,1-3H3,(H-,11,13)/p+1. The molecule has 0 saturated carbocycles. The minimum absolute atomic E-state index is 0.440. The van der Waals surface area contributed by atoms with Crippen molar-refractivity contribution >= 4 is 6.09 Å². The van der Waals surface area contributed by atoms with Gasteiger partial charge in [-0.2, -0.15) is 0 Å². The molecular formula is C10H23N2O2+. The van der Waals surface area contributed by atoms with E-state index in [1.807, 2.05) is 0 Å². The summed E-state index contributed by atoms with van der Waals surface area (Å²) in [5, 5.41) is 0. The van der Waals surface area contributed by atoms with Crippen LogP contribution in [0.2, 0.25) is 0 Å². The van der Waals surface area contributed by atoms with Gasteiger partial charge >= 0.3 is 6.09 Å². The van der Waals surface area contributed by atoms with Gasteiger partial charge in [0.15, 0.2) is 0 Å². The van der Waals surface area contributed by atoms with Crippen molar-refractivity contribution in [1.29, 1.82) is 0 Å². The molecule has 2 N–H and O–H groups in total. The zero-order valence-corrected chi connectivity index (χ0v) is 9.58. The number of quaternary nitrogens is 1. The number of primary amides is 1. The van der Waals surface area contributed by atoms with Gasteiger partial charge in [-0.1, -0.05) is 0 Å². The molecule has 0 aromatic carbocycles. The number of hydrogen-bond acceptors (Lipinski definition) is 2. The highest BCUT2D eigenvalue weighted by molar-refractivity contribution is 5.64. The number of nitrogens with two attached hydrogens (primary N) is 1. The Hall–Kier alpha value is -0.770. The Bertz CT molecular complexity index is 159. The first-order valence-electron chi connectivity index (χ1n) is 5.37. The number of amides is 1. The highest BCUT2D eigenvalue weighted by Crippen LogP contribution is 2.06. The van der Waals surface area contributed by atoms with E-state index < -0.39 is 6.09 Å². The fourth-order valence-electron chi connectivity index (χ4n) is 1.72. The predicted molar refractivity (Wildman–Crippen MR) is 56.9 cm³/mol. The van der Waals surface area contributed by atoms with Crippen LogP contribution in [0.4, 0.5) is 4.79 Å². The Balaban J connectivity index is 3.77. The lowest BCUT2D eigenvalue weighted by atomic mass is 10.3. The summed E-state index contributed by atoms with van der Waals surface area (Å²) >= 11 is 0. The maximum absolute atomic E-state index is 10.3. The molecule has 0 radical (unpaired) electrons. The van der Waals surface area contributed by atoms with Crippen molar-refractivity contribution < 1.29 is 14.0 Å². The molecule has 0 aromatic heterocycles. The van der Waals surface area contributed by atoms with E-state index in [4.69, 9.17) is 10.5 Å². The first kappa shape index (κ1) is 13.2. The van der Waals surface area contributed by atoms with Crippen molar-refractivity contribution in [2.75, 3.05) is 32.8 Å². The third-order valence-electron chi connectivity index (χ3n) is 3.03. The van der Waals surface area contributed by atoms with Crippen LogP contribution in [0.25, 0.3) is 0 Å². The zero-order valence-electron chi connectivity index (χ0n) is 9.58. The zero-order chi connectivity index (χ0) is 11.0. The van der Waals surface area contributed by atoms with Gasteiger partial charge in [0.2, 0.25) is 0 Å². The Morgan fingerprint density at radius 2 is 1.71 bits per heavy atom. The molecule has 4 nitrogen and oxygen atoms in total. The van der Waals surface area contributed by atoms with E-state index in [1.54, 1.807) is 0 Å². The Morgan fingerprint density at radius 1 is 1.21 bits per heavy atom. The largest absolute Gasteiger partial charge is 0.449 e. The molecule has 0 aromatic rings. The highest BCUT2D eigenvalue weighted by atomic mass is 16.5. The van der Waals surface area contributed by atoms with Gasteiger partial charge < -0.3 is 15.0 Å². The lowest BCUT2D eigenvalue weighted by Gasteiger charge is -2.35. The van der Waals surface area contributed by atoms with Gasteiger partial charge in [-0.15, -0.1) is 0 Å². The van der Waals surface area contributed by atoms with Gasteiger partial charge in [0.25, 0.3) is 0 Å². The van der Waals surface area contributed by atoms with Gasteiger partial charge in [0.05, 0.1) is 32.8 Å². The lowest BCUT2D eigenvalue weighted by Crippen LogP contribution is -2.48. The third-order valence-corrected chi connectivity index (χ3v) is 3.03. The van der Waals surface area contributed by atoms with Gasteiger partial charge in [-0.3, -0.25) is 0 Å². The molecule has 0 spiro atoms. The quantitative estimate of drug-likeness (QED) is 0.501. The van der Waals surface area contributed by atoms with Gasteiger partial charge in [-0.25, -0.2) is 4.79 Å². The van der Waals surface area contributed by atoms with E-state index in [1.165, 1.54) is 0 Å². The maximum Gasteiger partial charge on any atom is 0.404 e. The molecule has 0 fully saturated rings. The molecule has 84 valence electrons. The summed E-state index contributed by atoms with van der Waals surface area (Å²) in [5.41, 5.74) is 4.87. The van der Waals surface area contributed by atoms with Crippen molar-refractivity contribution in [2.24, 2.45) is 5.73 Å². The molecule has 0 bridgehead atoms. The third kappa shape index (κ3) is 4.46. The van der Waals surface area contributed by atoms with Gasteiger partial charge in [0.1, 0.15) is 0 Å². The summed E-state index contributed by atoms with van der Waals surface area (Å²) in [5.74, 6) is 0. The van der Waals surface area contributed by atoms with Crippen LogP contribution in [-0.2, 0) is 4.74 Å². The molecule has 0 aliphatic carbocycles. The normalized spacial score (nSPS) is 11.4. The summed E-state index contributed by atoms with van der Waals surface area (Å²) in [7, 11) is 0. The van der Waals surface area contributed by atoms with E-state index in [9.17, 15) is 4.79 Å². The first-order chi connectivity index (χ1) is 6.60. The molecule has 4 heteroatoms. The molecule has 14 heavy (non-hydrogen) atoms. The van der Waals surface area contributed by atoms with Gasteiger partial charge in [0, 0.05) is 6.42 Å². The van der Waals surface area contributed by atoms with Crippen molar-refractivity contribution in [1.82, 2.24) is 0 Å². The second-order valence-corrected chi connectivity index (χ2v) is 3.53. The SMILES string of the molecule is CC[N+](CC)(CC)CCCOC(N)=O. The van der Waals surface area contributed by atoms with E-state index >= 15 is 0 Å². The summed E-state index contributed by atoms with van der Waals surface area (Å²) in [6, 6.07) is 0. The molecule has 0 atom stereocenters. The minimum atomic E-state index is -0.674. The molecule has 0 unspecified atom stereocenters. The smallest absolute Gasteiger partial charge is 0.404 e. The molecule has 0 heterocycles. The fourth-order valence-corrected chi connectivity index (χ4v) is 1.72. The van der Waals surface area contributed by atoms with E-state index in [-0.39, 0.29) is 0 Å². The van der Waals surface area contributed by atoms with Crippen LogP contribution in [-0.4, -0.2) is 43.4 Å². The average Bonchev–Trinajstić information content (AvgIpc) is 2.19. The Morgan fingerprint density at radius 3 is 2.07 bits per heavy atom. The second kappa shape index (κ2) is 6.65. The molecule has 0 rings (SSSR count). The number of rotatable bonds is 7. The van der Waals surface area contributed by atoms with Crippen LogP contribution in [0.15, 0.2) is 0 Å². The van der Waals surface area contributed by atoms with Crippen LogP contribution < -0.4 is 5.73 Å². The lowest BCUT2D eigenvalue weighted by molar-refractivity contribution is -0.923. The molecule has 0 aliphatic rings. The van der Waals surface area contributed by atoms with Crippen LogP contribution in [0.1, 0.15) is 27.2 Å². The monoisotopic (exact) mass is 203 g/mol. The number of nitrogens with zero attached hydrogens (tertiary/aromatic N) is 1. The van der Waals surface area contributed by atoms with E-state index in [0.29, 0.717) is 6.61 Å². The van der Waals surface area contributed by atoms with Crippen LogP contribution in [0.3, 0.4) is 0 Å². The van der Waals surface area contributed by atoms with Crippen LogP contribution in [0, 0.1) is 0 Å². The maximum atomic E-state index is 10.3. The van der Waals surface area contributed by atoms with Crippen LogP contribution >= 0.6 is 0 Å². The summed E-state index contributed by atoms with van der Waals surface area (Å²) < 4.78 is 5.79. The van der Waals surface area contributed by atoms with E-state index in [2.05, 4.69) is 20.8 Å². The second-order valence-electron chi connectivity index (χ2n) is 3.53. The predicted octanol–water partition coefficient (Wildman–Crippen LogP) is 1.35. The number of hydrogen-bond donors (Lipinski definition) is 1. The van der Waals surface area contributed by atoms with Crippen molar-refractivity contribution in [3.63, 3.8) is 0 Å². The number of carbonyl (C=O) groups is 1. The highest BCUT2D eigenvalue weighted by Gasteiger charge is 2.19. The summed E-state index contributed by atoms with van der Waals surface area (Å²) in [6.07, 6.45) is 0.214. The molecular weight excluding hydrogens is 180 g/mol. The Labute approximate surface area is 86.6 Å². The number of carbonyl (C=O) groups excluding carboxylic acids is 1. The average molecular weight is 203 g/mol. The Kier molecular flexibility index (Phi) is 6.28. The van der Waals surface area contributed by atoms with Gasteiger partial charge in [-0.05, 0) is 20.8 Å².